The Kier molecular flexibility index (Phi) is 6.83. The molecule has 164 valence electrons. The number of benzene rings is 2. The summed E-state index contributed by atoms with van der Waals surface area (Å²) in [5, 5.41) is 7.23. The van der Waals surface area contributed by atoms with Crippen molar-refractivity contribution in [3.05, 3.63) is 71.5 Å². The van der Waals surface area contributed by atoms with E-state index in [2.05, 4.69) is 10.4 Å². The van der Waals surface area contributed by atoms with Crippen LogP contribution in [0.25, 0.3) is 5.69 Å². The summed E-state index contributed by atoms with van der Waals surface area (Å²) >= 11 is 0. The first-order valence-electron chi connectivity index (χ1n) is 9.90. The Hall–Kier alpha value is -2.68. The maximum atomic E-state index is 12.7. The summed E-state index contributed by atoms with van der Waals surface area (Å²) in [7, 11) is -3.53. The second-order valence-corrected chi connectivity index (χ2v) is 9.42. The molecule has 2 aromatic carbocycles. The minimum absolute atomic E-state index is 0. The minimum Gasteiger partial charge on any atom is -1.00 e. The smallest absolute Gasteiger partial charge is 0.255 e. The Morgan fingerprint density at radius 3 is 2.29 bits per heavy atom. The van der Waals surface area contributed by atoms with Crippen LogP contribution < -0.4 is 17.7 Å². The lowest BCUT2D eigenvalue weighted by atomic mass is 10.2. The van der Waals surface area contributed by atoms with E-state index in [1.165, 1.54) is 10.4 Å². The third-order valence-corrected chi connectivity index (χ3v) is 7.07. The highest BCUT2D eigenvalue weighted by Gasteiger charge is 2.27. The summed E-state index contributed by atoms with van der Waals surface area (Å²) in [5.74, 6) is -0.300. The van der Waals surface area contributed by atoms with Gasteiger partial charge in [-0.25, -0.2) is 13.1 Å². The molecule has 0 spiro atoms. The molecule has 1 aromatic heterocycles. The normalized spacial score (nSPS) is 14.3. The van der Waals surface area contributed by atoms with Crippen molar-refractivity contribution in [2.45, 2.75) is 31.6 Å². The molecule has 7 nitrogen and oxygen atoms in total. The number of aromatic nitrogens is 2. The fraction of sp³-hybridized carbons (Fsp3) is 0.273. The molecule has 0 bridgehead atoms. The SMILES string of the molecule is Cc1cc(C)n(-c2ccc(C(=O)Nc3cccc(S(=O)(=O)N4CCCC4)c3)cc2)n1.[Cl-]. The molecule has 1 aliphatic rings. The number of halogens is 1. The Balaban J connectivity index is 0.00000272. The maximum Gasteiger partial charge on any atom is 0.255 e. The summed E-state index contributed by atoms with van der Waals surface area (Å²) in [6.45, 7) is 4.99. The van der Waals surface area contributed by atoms with Gasteiger partial charge in [-0.3, -0.25) is 4.79 Å². The number of sulfonamides is 1. The number of anilines is 1. The third kappa shape index (κ3) is 4.81. The first-order chi connectivity index (χ1) is 14.3. The van der Waals surface area contributed by atoms with Gasteiger partial charge in [0.05, 0.1) is 16.3 Å². The van der Waals surface area contributed by atoms with Crippen LogP contribution >= 0.6 is 0 Å². The number of hydrogen-bond acceptors (Lipinski definition) is 4. The fourth-order valence-electron chi connectivity index (χ4n) is 3.66. The molecule has 1 amide bonds. The summed E-state index contributed by atoms with van der Waals surface area (Å²) in [6.07, 6.45) is 1.76. The number of hydrogen-bond donors (Lipinski definition) is 1. The van der Waals surface area contributed by atoms with Crippen molar-refractivity contribution < 1.29 is 25.6 Å². The van der Waals surface area contributed by atoms with Crippen LogP contribution in [0.4, 0.5) is 5.69 Å². The van der Waals surface area contributed by atoms with Crippen LogP contribution in [0.5, 0.6) is 0 Å². The standard InChI is InChI=1S/C22H24N4O3S.ClH/c1-16-14-17(2)26(24-16)20-10-8-18(9-11-20)22(27)23-19-6-5-7-21(15-19)30(28,29)25-12-3-4-13-25;/h5-11,14-15H,3-4,12-13H2,1-2H3,(H,23,27);1H/p-1. The van der Waals surface area contributed by atoms with E-state index in [9.17, 15) is 13.2 Å². The van der Waals surface area contributed by atoms with Crippen LogP contribution in [0.3, 0.4) is 0 Å². The highest BCUT2D eigenvalue weighted by molar-refractivity contribution is 7.89. The lowest BCUT2D eigenvalue weighted by Gasteiger charge is -2.16. The van der Waals surface area contributed by atoms with Crippen LogP contribution in [-0.4, -0.2) is 41.5 Å². The quantitative estimate of drug-likeness (QED) is 0.603. The lowest BCUT2D eigenvalue weighted by Crippen LogP contribution is -3.00. The van der Waals surface area contributed by atoms with E-state index in [0.29, 0.717) is 24.3 Å². The molecule has 31 heavy (non-hydrogen) atoms. The van der Waals surface area contributed by atoms with Crippen molar-refractivity contribution >= 4 is 21.6 Å². The second-order valence-electron chi connectivity index (χ2n) is 7.48. The van der Waals surface area contributed by atoms with E-state index in [1.807, 2.05) is 36.7 Å². The van der Waals surface area contributed by atoms with Crippen molar-refractivity contribution in [2.24, 2.45) is 0 Å². The van der Waals surface area contributed by atoms with Crippen LogP contribution in [0.2, 0.25) is 0 Å². The zero-order valence-electron chi connectivity index (χ0n) is 17.4. The molecule has 0 saturated carbocycles. The number of rotatable bonds is 5. The molecule has 0 radical (unpaired) electrons. The largest absolute Gasteiger partial charge is 1.00 e. The molecule has 9 heteroatoms. The van der Waals surface area contributed by atoms with Gasteiger partial charge in [-0.1, -0.05) is 6.07 Å². The number of carbonyl (C=O) groups excluding carboxylic acids is 1. The molecule has 0 atom stereocenters. The second kappa shape index (κ2) is 9.21. The molecule has 1 saturated heterocycles. The molecular formula is C22H24ClN4O3S-. The van der Waals surface area contributed by atoms with E-state index < -0.39 is 10.0 Å². The van der Waals surface area contributed by atoms with E-state index in [-0.39, 0.29) is 23.2 Å². The molecule has 0 aliphatic carbocycles. The summed E-state index contributed by atoms with van der Waals surface area (Å²) in [5.41, 5.74) is 3.74. The monoisotopic (exact) mass is 459 g/mol. The van der Waals surface area contributed by atoms with E-state index >= 15 is 0 Å². The minimum atomic E-state index is -3.53. The van der Waals surface area contributed by atoms with Gasteiger partial charge < -0.3 is 17.7 Å². The zero-order valence-corrected chi connectivity index (χ0v) is 18.9. The number of carbonyl (C=O) groups is 1. The first-order valence-corrected chi connectivity index (χ1v) is 11.3. The van der Waals surface area contributed by atoms with Crippen LogP contribution in [0, 0.1) is 13.8 Å². The summed E-state index contributed by atoms with van der Waals surface area (Å²) < 4.78 is 28.8. The molecule has 0 unspecified atom stereocenters. The van der Waals surface area contributed by atoms with Gasteiger partial charge in [0.2, 0.25) is 10.0 Å². The van der Waals surface area contributed by atoms with Gasteiger partial charge in [0.1, 0.15) is 0 Å². The molecule has 1 fully saturated rings. The first kappa shape index (κ1) is 23.0. The highest BCUT2D eigenvalue weighted by Crippen LogP contribution is 2.23. The molecule has 1 aliphatic heterocycles. The van der Waals surface area contributed by atoms with E-state index in [4.69, 9.17) is 0 Å². The van der Waals surface area contributed by atoms with Gasteiger partial charge >= 0.3 is 0 Å². The Morgan fingerprint density at radius 2 is 1.68 bits per heavy atom. The zero-order chi connectivity index (χ0) is 21.3. The van der Waals surface area contributed by atoms with Crippen molar-refractivity contribution in [1.29, 1.82) is 0 Å². The average molecular weight is 460 g/mol. The summed E-state index contributed by atoms with van der Waals surface area (Å²) in [4.78, 5) is 12.9. The van der Waals surface area contributed by atoms with Crippen LogP contribution in [-0.2, 0) is 10.0 Å². The van der Waals surface area contributed by atoms with Crippen molar-refractivity contribution in [3.63, 3.8) is 0 Å². The van der Waals surface area contributed by atoms with E-state index in [1.54, 1.807) is 30.3 Å². The van der Waals surface area contributed by atoms with Crippen LogP contribution in [0.15, 0.2) is 59.5 Å². The van der Waals surface area contributed by atoms with Crippen molar-refractivity contribution in [3.8, 4) is 5.69 Å². The van der Waals surface area contributed by atoms with Gasteiger partial charge in [0.15, 0.2) is 0 Å². The van der Waals surface area contributed by atoms with E-state index in [0.717, 1.165) is 29.9 Å². The third-order valence-electron chi connectivity index (χ3n) is 5.18. The van der Waals surface area contributed by atoms with Gasteiger partial charge in [-0.15, -0.1) is 0 Å². The summed E-state index contributed by atoms with van der Waals surface area (Å²) in [6, 6.07) is 15.5. The van der Waals surface area contributed by atoms with Crippen molar-refractivity contribution in [1.82, 2.24) is 14.1 Å². The maximum absolute atomic E-state index is 12.7. The fourth-order valence-corrected chi connectivity index (χ4v) is 5.22. The number of amides is 1. The molecule has 3 aromatic rings. The topological polar surface area (TPSA) is 84.3 Å². The van der Waals surface area contributed by atoms with Gasteiger partial charge in [0.25, 0.3) is 5.91 Å². The van der Waals surface area contributed by atoms with Gasteiger partial charge in [0, 0.05) is 30.0 Å². The predicted molar refractivity (Wildman–Crippen MR) is 115 cm³/mol. The Morgan fingerprint density at radius 1 is 1.00 bits per heavy atom. The lowest BCUT2D eigenvalue weighted by molar-refractivity contribution is -0.0000164. The number of nitrogens with zero attached hydrogens (tertiary/aromatic N) is 3. The average Bonchev–Trinajstić information content (AvgIpc) is 3.38. The number of aryl methyl sites for hydroxylation is 2. The highest BCUT2D eigenvalue weighted by atomic mass is 35.5. The Labute approximate surface area is 188 Å². The van der Waals surface area contributed by atoms with Gasteiger partial charge in [-0.05, 0) is 75.2 Å². The van der Waals surface area contributed by atoms with Crippen molar-refractivity contribution in [2.75, 3.05) is 18.4 Å². The molecule has 4 rings (SSSR count). The molecule has 1 N–H and O–H groups in total. The molecule has 2 heterocycles. The van der Waals surface area contributed by atoms with Crippen LogP contribution in [0.1, 0.15) is 34.6 Å². The predicted octanol–water partition coefficient (Wildman–Crippen LogP) is 0.530. The molecular weight excluding hydrogens is 436 g/mol. The van der Waals surface area contributed by atoms with Gasteiger partial charge in [-0.2, -0.15) is 9.40 Å². The number of nitrogens with one attached hydrogen (secondary N) is 1. The Bertz CT molecular complexity index is 1180.